The Balaban J connectivity index is 1.71. The highest BCUT2D eigenvalue weighted by Crippen LogP contribution is 2.46. The Morgan fingerprint density at radius 3 is 1.46 bits per heavy atom. The number of benzene rings is 7. The molecule has 6 N–H and O–H groups in total. The van der Waals surface area contributed by atoms with Crippen LogP contribution in [0.3, 0.4) is 0 Å². The molecule has 8 heteroatoms. The minimum absolute atomic E-state index is 0.0976. The van der Waals surface area contributed by atoms with Crippen LogP contribution in [0.1, 0.15) is 64.0 Å². The van der Waals surface area contributed by atoms with Gasteiger partial charge in [-0.15, -0.1) is 0 Å². The van der Waals surface area contributed by atoms with E-state index in [9.17, 15) is 29.4 Å². The lowest BCUT2D eigenvalue weighted by Gasteiger charge is -2.24. The molecular weight excluding hydrogens is 580 g/mol. The van der Waals surface area contributed by atoms with Crippen LogP contribution in [0.2, 0.25) is 0 Å². The van der Waals surface area contributed by atoms with Crippen LogP contribution in [0.5, 0.6) is 0 Å². The average Bonchev–Trinajstić information content (AvgIpc) is 3.05. The number of carbonyl (C=O) groups is 4. The highest BCUT2D eigenvalue weighted by molar-refractivity contribution is 6.38. The zero-order valence-electron chi connectivity index (χ0n) is 24.3. The summed E-state index contributed by atoms with van der Waals surface area (Å²) in [7, 11) is 0. The van der Waals surface area contributed by atoms with Gasteiger partial charge in [0, 0.05) is 27.8 Å². The van der Waals surface area contributed by atoms with E-state index in [0.717, 1.165) is 16.7 Å². The van der Waals surface area contributed by atoms with Crippen molar-refractivity contribution < 1.29 is 29.4 Å². The molecule has 0 heterocycles. The fraction of sp³-hybridized carbons (Fsp3) is 0.0526. The number of nitrogens with two attached hydrogens (primary N) is 2. The van der Waals surface area contributed by atoms with Crippen LogP contribution in [0.15, 0.2) is 103 Å². The molecule has 0 bridgehead atoms. The quantitative estimate of drug-likeness (QED) is 0.111. The lowest BCUT2D eigenvalue weighted by Crippen LogP contribution is -2.18. The van der Waals surface area contributed by atoms with Crippen LogP contribution >= 0.6 is 0 Å². The predicted molar refractivity (Wildman–Crippen MR) is 177 cm³/mol. The molecule has 7 rings (SSSR count). The monoisotopic (exact) mass is 606 g/mol. The average molecular weight is 607 g/mol. The number of fused-ring (bicyclic) bond motifs is 2. The van der Waals surface area contributed by atoms with Crippen LogP contribution in [-0.4, -0.2) is 34.0 Å². The number of carbonyl (C=O) groups excluding carboxylic acids is 2. The second kappa shape index (κ2) is 10.7. The topological polar surface area (TPSA) is 161 Å². The fourth-order valence-corrected chi connectivity index (χ4v) is 7.02. The molecule has 2 amide bonds. The summed E-state index contributed by atoms with van der Waals surface area (Å²) in [6.45, 7) is 0. The van der Waals surface area contributed by atoms with Crippen molar-refractivity contribution in [2.75, 3.05) is 0 Å². The Bertz CT molecular complexity index is 2340. The first-order valence-electron chi connectivity index (χ1n) is 14.6. The standard InChI is InChI=1S/C38H26N2O6/c39-35(41)25-14-11-23-22-12-15-26(37(43)44)33-27(38(45)46)16-13-24(31(22)33)30-21(18-29(36(40)42)32(25)34(23)30)17-28(19-7-3-1-4-8-19)20-9-5-2-6-10-20/h1-16,18,28H,17H2,(H2,39,41)(H2,40,42)(H,43,44)(H,45,46). The smallest absolute Gasteiger partial charge is 0.336 e. The molecule has 0 fully saturated rings. The van der Waals surface area contributed by atoms with E-state index in [0.29, 0.717) is 44.1 Å². The second-order valence-corrected chi connectivity index (χ2v) is 11.4. The molecule has 0 aliphatic carbocycles. The summed E-state index contributed by atoms with van der Waals surface area (Å²) in [6.07, 6.45) is 0.399. The SMILES string of the molecule is NC(=O)c1ccc2c3ccc(C(=O)O)c4c(C(=O)O)ccc(c5c(CC(c6ccccc6)c6ccccc6)cc(C(N)=O)c1c25)c43. The summed E-state index contributed by atoms with van der Waals surface area (Å²) >= 11 is 0. The van der Waals surface area contributed by atoms with E-state index in [-0.39, 0.29) is 33.6 Å². The summed E-state index contributed by atoms with van der Waals surface area (Å²) < 4.78 is 0. The summed E-state index contributed by atoms with van der Waals surface area (Å²) in [5.41, 5.74) is 14.6. The van der Waals surface area contributed by atoms with Crippen molar-refractivity contribution in [2.45, 2.75) is 12.3 Å². The van der Waals surface area contributed by atoms with E-state index in [1.165, 1.54) is 18.2 Å². The third kappa shape index (κ3) is 4.30. The van der Waals surface area contributed by atoms with Crippen LogP contribution in [0.25, 0.3) is 43.1 Å². The Kier molecular flexibility index (Phi) is 6.63. The van der Waals surface area contributed by atoms with Crippen molar-refractivity contribution >= 4 is 66.8 Å². The molecule has 0 aromatic heterocycles. The van der Waals surface area contributed by atoms with Crippen molar-refractivity contribution in [3.05, 3.63) is 142 Å². The summed E-state index contributed by atoms with van der Waals surface area (Å²) in [5, 5.41) is 24.1. The maximum atomic E-state index is 13.1. The largest absolute Gasteiger partial charge is 0.478 e. The highest BCUT2D eigenvalue weighted by Gasteiger charge is 2.28. The van der Waals surface area contributed by atoms with Crippen molar-refractivity contribution in [1.82, 2.24) is 0 Å². The number of hydrogen-bond acceptors (Lipinski definition) is 4. The molecule has 0 radical (unpaired) electrons. The first-order valence-corrected chi connectivity index (χ1v) is 14.6. The second-order valence-electron chi connectivity index (χ2n) is 11.4. The first-order chi connectivity index (χ1) is 22.2. The minimum atomic E-state index is -1.26. The number of carboxylic acids is 2. The molecule has 0 saturated carbocycles. The van der Waals surface area contributed by atoms with Gasteiger partial charge >= 0.3 is 11.9 Å². The van der Waals surface area contributed by atoms with Gasteiger partial charge in [-0.1, -0.05) is 78.9 Å². The van der Waals surface area contributed by atoms with E-state index in [1.54, 1.807) is 24.3 Å². The first kappa shape index (κ1) is 28.5. The van der Waals surface area contributed by atoms with Crippen LogP contribution in [-0.2, 0) is 6.42 Å². The van der Waals surface area contributed by atoms with E-state index in [2.05, 4.69) is 0 Å². The molecule has 8 nitrogen and oxygen atoms in total. The van der Waals surface area contributed by atoms with Gasteiger partial charge in [0.1, 0.15) is 0 Å². The fourth-order valence-electron chi connectivity index (χ4n) is 7.02. The van der Waals surface area contributed by atoms with Gasteiger partial charge in [0.05, 0.1) is 11.1 Å². The predicted octanol–water partition coefficient (Wildman–Crippen LogP) is 6.71. The maximum Gasteiger partial charge on any atom is 0.336 e. The zero-order chi connectivity index (χ0) is 32.3. The van der Waals surface area contributed by atoms with Crippen molar-refractivity contribution in [2.24, 2.45) is 11.5 Å². The van der Waals surface area contributed by atoms with Gasteiger partial charge in [0.25, 0.3) is 0 Å². The lowest BCUT2D eigenvalue weighted by molar-refractivity contribution is 0.0695. The van der Waals surface area contributed by atoms with Gasteiger partial charge < -0.3 is 21.7 Å². The summed E-state index contributed by atoms with van der Waals surface area (Å²) in [6, 6.07) is 30.8. The molecule has 0 saturated heterocycles. The lowest BCUT2D eigenvalue weighted by atomic mass is 9.79. The molecule has 7 aromatic rings. The van der Waals surface area contributed by atoms with Crippen molar-refractivity contribution in [3.8, 4) is 0 Å². The van der Waals surface area contributed by atoms with Crippen molar-refractivity contribution in [1.29, 1.82) is 0 Å². The number of amides is 2. The molecule has 0 atom stereocenters. The Morgan fingerprint density at radius 2 is 0.957 bits per heavy atom. The normalized spacial score (nSPS) is 11.6. The van der Waals surface area contributed by atoms with Gasteiger partial charge in [-0.3, -0.25) is 9.59 Å². The third-order valence-corrected chi connectivity index (χ3v) is 8.90. The van der Waals surface area contributed by atoms with Gasteiger partial charge in [-0.05, 0) is 79.7 Å². The van der Waals surface area contributed by atoms with E-state index < -0.39 is 23.8 Å². The third-order valence-electron chi connectivity index (χ3n) is 8.90. The summed E-state index contributed by atoms with van der Waals surface area (Å²) in [4.78, 5) is 50.7. The molecule has 0 aliphatic heterocycles. The maximum absolute atomic E-state index is 13.1. The number of aromatic carboxylic acids is 2. The van der Waals surface area contributed by atoms with Crippen LogP contribution < -0.4 is 11.5 Å². The molecule has 224 valence electrons. The van der Waals surface area contributed by atoms with Gasteiger partial charge in [-0.25, -0.2) is 9.59 Å². The molecule has 0 spiro atoms. The Hall–Kier alpha value is -6.28. The molecular formula is C38H26N2O6. The molecule has 7 aromatic carbocycles. The van der Waals surface area contributed by atoms with Gasteiger partial charge in [0.2, 0.25) is 11.8 Å². The molecule has 0 unspecified atom stereocenters. The minimum Gasteiger partial charge on any atom is -0.478 e. The molecule has 46 heavy (non-hydrogen) atoms. The summed E-state index contributed by atoms with van der Waals surface area (Å²) in [5.74, 6) is -4.16. The van der Waals surface area contributed by atoms with Crippen molar-refractivity contribution in [3.63, 3.8) is 0 Å². The Labute approximate surface area is 261 Å². The van der Waals surface area contributed by atoms with E-state index in [1.807, 2.05) is 60.7 Å². The van der Waals surface area contributed by atoms with Gasteiger partial charge in [0.15, 0.2) is 0 Å². The van der Waals surface area contributed by atoms with E-state index in [4.69, 9.17) is 11.5 Å². The number of primary amides is 2. The number of hydrogen-bond donors (Lipinski definition) is 4. The van der Waals surface area contributed by atoms with Gasteiger partial charge in [-0.2, -0.15) is 0 Å². The van der Waals surface area contributed by atoms with E-state index >= 15 is 0 Å². The zero-order valence-corrected chi connectivity index (χ0v) is 24.3. The number of carboxylic acid groups (broad SMARTS) is 2. The number of rotatable bonds is 8. The highest BCUT2D eigenvalue weighted by atomic mass is 16.4. The van der Waals surface area contributed by atoms with Crippen LogP contribution in [0.4, 0.5) is 0 Å². The van der Waals surface area contributed by atoms with Crippen LogP contribution in [0, 0.1) is 0 Å². The molecule has 0 aliphatic rings. The Morgan fingerprint density at radius 1 is 0.500 bits per heavy atom.